The zero-order valence-electron chi connectivity index (χ0n) is 9.37. The van der Waals surface area contributed by atoms with Crippen LogP contribution in [0.15, 0.2) is 18.2 Å². The SMILES string of the molecule is NC(Cc1ccc(O)cc1O)C(=O)OCC(=O)O. The zero-order valence-corrected chi connectivity index (χ0v) is 9.37. The summed E-state index contributed by atoms with van der Waals surface area (Å²) in [7, 11) is 0. The van der Waals surface area contributed by atoms with Gasteiger partial charge in [-0.2, -0.15) is 0 Å². The van der Waals surface area contributed by atoms with E-state index in [1.165, 1.54) is 12.1 Å². The average Bonchev–Trinajstić information content (AvgIpc) is 2.29. The number of carboxylic acid groups (broad SMARTS) is 1. The zero-order chi connectivity index (χ0) is 13.7. The summed E-state index contributed by atoms with van der Waals surface area (Å²) in [5, 5.41) is 26.9. The van der Waals surface area contributed by atoms with Crippen LogP contribution in [0.25, 0.3) is 0 Å². The second-order valence-electron chi connectivity index (χ2n) is 3.63. The molecule has 5 N–H and O–H groups in total. The van der Waals surface area contributed by atoms with Crippen LogP contribution < -0.4 is 5.73 Å². The Morgan fingerprint density at radius 2 is 2.00 bits per heavy atom. The minimum Gasteiger partial charge on any atom is -0.508 e. The average molecular weight is 255 g/mol. The molecular formula is C11H13NO6. The van der Waals surface area contributed by atoms with Gasteiger partial charge in [0, 0.05) is 12.5 Å². The van der Waals surface area contributed by atoms with Crippen LogP contribution in [-0.2, 0) is 20.7 Å². The molecule has 7 nitrogen and oxygen atoms in total. The number of carboxylic acids is 1. The van der Waals surface area contributed by atoms with Gasteiger partial charge in [0.2, 0.25) is 0 Å². The lowest BCUT2D eigenvalue weighted by atomic mass is 10.1. The van der Waals surface area contributed by atoms with Crippen molar-refractivity contribution in [2.75, 3.05) is 6.61 Å². The lowest BCUT2D eigenvalue weighted by Crippen LogP contribution is -2.35. The Bertz CT molecular complexity index is 459. The fourth-order valence-electron chi connectivity index (χ4n) is 1.29. The predicted octanol–water partition coefficient (Wildman–Crippen LogP) is -0.405. The molecule has 0 fully saturated rings. The number of benzene rings is 1. The van der Waals surface area contributed by atoms with Crippen LogP contribution in [0.1, 0.15) is 5.56 Å². The molecule has 0 saturated heterocycles. The number of phenolic OH excluding ortho intramolecular Hbond substituents is 2. The smallest absolute Gasteiger partial charge is 0.341 e. The topological polar surface area (TPSA) is 130 Å². The first kappa shape index (κ1) is 13.8. The van der Waals surface area contributed by atoms with Gasteiger partial charge in [0.05, 0.1) is 0 Å². The molecule has 1 aromatic carbocycles. The molecule has 0 radical (unpaired) electrons. The normalized spacial score (nSPS) is 11.8. The first-order chi connectivity index (χ1) is 8.40. The maximum absolute atomic E-state index is 11.3. The number of rotatable bonds is 5. The fraction of sp³-hybridized carbons (Fsp3) is 0.273. The van der Waals surface area contributed by atoms with E-state index in [9.17, 15) is 14.7 Å². The van der Waals surface area contributed by atoms with Crippen molar-refractivity contribution in [1.82, 2.24) is 0 Å². The Morgan fingerprint density at radius 3 is 2.56 bits per heavy atom. The Balaban J connectivity index is 2.60. The Hall–Kier alpha value is -2.28. The van der Waals surface area contributed by atoms with Crippen molar-refractivity contribution in [2.45, 2.75) is 12.5 Å². The van der Waals surface area contributed by atoms with Gasteiger partial charge < -0.3 is 25.8 Å². The molecule has 1 atom stereocenters. The molecule has 0 aliphatic heterocycles. The van der Waals surface area contributed by atoms with Gasteiger partial charge in [0.25, 0.3) is 0 Å². The molecule has 0 amide bonds. The second-order valence-corrected chi connectivity index (χ2v) is 3.63. The van der Waals surface area contributed by atoms with E-state index < -0.39 is 24.6 Å². The Morgan fingerprint density at radius 1 is 1.33 bits per heavy atom. The van der Waals surface area contributed by atoms with Crippen molar-refractivity contribution in [3.63, 3.8) is 0 Å². The second kappa shape index (κ2) is 5.87. The number of hydrogen-bond donors (Lipinski definition) is 4. The molecule has 1 unspecified atom stereocenters. The summed E-state index contributed by atoms with van der Waals surface area (Å²) in [5.74, 6) is -2.46. The first-order valence-electron chi connectivity index (χ1n) is 5.05. The maximum atomic E-state index is 11.3. The number of carbonyl (C=O) groups excluding carboxylic acids is 1. The van der Waals surface area contributed by atoms with Crippen molar-refractivity contribution in [1.29, 1.82) is 0 Å². The number of phenols is 2. The van der Waals surface area contributed by atoms with Crippen LogP contribution in [0.2, 0.25) is 0 Å². The van der Waals surface area contributed by atoms with Gasteiger partial charge >= 0.3 is 11.9 Å². The molecule has 7 heteroatoms. The molecule has 0 spiro atoms. The van der Waals surface area contributed by atoms with E-state index in [1.807, 2.05) is 0 Å². The Kier molecular flexibility index (Phi) is 4.50. The molecule has 98 valence electrons. The third-order valence-corrected chi connectivity index (χ3v) is 2.15. The van der Waals surface area contributed by atoms with Gasteiger partial charge in [-0.05, 0) is 11.6 Å². The number of hydrogen-bond acceptors (Lipinski definition) is 6. The van der Waals surface area contributed by atoms with E-state index in [-0.39, 0.29) is 17.9 Å². The number of esters is 1. The summed E-state index contributed by atoms with van der Waals surface area (Å²) in [5.41, 5.74) is 5.86. The maximum Gasteiger partial charge on any atom is 0.341 e. The number of carbonyl (C=O) groups is 2. The quantitative estimate of drug-likeness (QED) is 0.526. The minimum absolute atomic E-state index is 0.0232. The highest BCUT2D eigenvalue weighted by molar-refractivity contribution is 5.79. The van der Waals surface area contributed by atoms with E-state index >= 15 is 0 Å². The number of ether oxygens (including phenoxy) is 1. The van der Waals surface area contributed by atoms with E-state index in [2.05, 4.69) is 4.74 Å². The largest absolute Gasteiger partial charge is 0.508 e. The summed E-state index contributed by atoms with van der Waals surface area (Å²) in [6.07, 6.45) is -0.0232. The highest BCUT2D eigenvalue weighted by Crippen LogP contribution is 2.23. The summed E-state index contributed by atoms with van der Waals surface area (Å²) in [6.45, 7) is -0.756. The highest BCUT2D eigenvalue weighted by atomic mass is 16.6. The molecular weight excluding hydrogens is 242 g/mol. The van der Waals surface area contributed by atoms with Crippen LogP contribution in [0.5, 0.6) is 11.5 Å². The van der Waals surface area contributed by atoms with Crippen molar-refractivity contribution in [3.8, 4) is 11.5 Å². The molecule has 18 heavy (non-hydrogen) atoms. The molecule has 0 bridgehead atoms. The molecule has 0 saturated carbocycles. The molecule has 1 rings (SSSR count). The number of aromatic hydroxyl groups is 2. The molecule has 0 aliphatic carbocycles. The van der Waals surface area contributed by atoms with E-state index in [0.29, 0.717) is 5.56 Å². The van der Waals surface area contributed by atoms with Crippen molar-refractivity contribution in [3.05, 3.63) is 23.8 Å². The van der Waals surface area contributed by atoms with Crippen LogP contribution >= 0.6 is 0 Å². The fourth-order valence-corrected chi connectivity index (χ4v) is 1.29. The van der Waals surface area contributed by atoms with Crippen molar-refractivity contribution in [2.24, 2.45) is 5.73 Å². The van der Waals surface area contributed by atoms with Crippen LogP contribution in [0.3, 0.4) is 0 Å². The highest BCUT2D eigenvalue weighted by Gasteiger charge is 2.18. The monoisotopic (exact) mass is 255 g/mol. The number of aliphatic carboxylic acids is 1. The van der Waals surface area contributed by atoms with Crippen LogP contribution in [0, 0.1) is 0 Å². The third-order valence-electron chi connectivity index (χ3n) is 2.15. The lowest BCUT2D eigenvalue weighted by Gasteiger charge is -2.11. The number of nitrogens with two attached hydrogens (primary N) is 1. The summed E-state index contributed by atoms with van der Waals surface area (Å²) >= 11 is 0. The molecule has 1 aromatic rings. The van der Waals surface area contributed by atoms with Gasteiger partial charge in [0.1, 0.15) is 17.5 Å². The predicted molar refractivity (Wildman–Crippen MR) is 60.0 cm³/mol. The lowest BCUT2D eigenvalue weighted by molar-refractivity contribution is -0.156. The van der Waals surface area contributed by atoms with Crippen molar-refractivity contribution < 1.29 is 29.6 Å². The Labute approximate surface area is 102 Å². The van der Waals surface area contributed by atoms with Crippen molar-refractivity contribution >= 4 is 11.9 Å². The van der Waals surface area contributed by atoms with Gasteiger partial charge in [-0.15, -0.1) is 0 Å². The molecule has 0 aromatic heterocycles. The van der Waals surface area contributed by atoms with Gasteiger partial charge in [0.15, 0.2) is 6.61 Å². The van der Waals surface area contributed by atoms with Gasteiger partial charge in [-0.3, -0.25) is 4.79 Å². The van der Waals surface area contributed by atoms with E-state index in [0.717, 1.165) is 6.07 Å². The molecule has 0 heterocycles. The van der Waals surface area contributed by atoms with E-state index in [1.54, 1.807) is 0 Å². The summed E-state index contributed by atoms with van der Waals surface area (Å²) in [6, 6.07) is 2.78. The minimum atomic E-state index is -1.27. The molecule has 0 aliphatic rings. The summed E-state index contributed by atoms with van der Waals surface area (Å²) < 4.78 is 4.41. The van der Waals surface area contributed by atoms with Crippen LogP contribution in [-0.4, -0.2) is 39.9 Å². The van der Waals surface area contributed by atoms with E-state index in [4.69, 9.17) is 15.9 Å². The van der Waals surface area contributed by atoms with Gasteiger partial charge in [-0.25, -0.2) is 4.79 Å². The summed E-state index contributed by atoms with van der Waals surface area (Å²) in [4.78, 5) is 21.5. The third kappa shape index (κ3) is 3.95. The standard InChI is InChI=1S/C11H13NO6/c12-8(11(17)18-5-10(15)16)3-6-1-2-7(13)4-9(6)14/h1-2,4,8,13-14H,3,5,12H2,(H,15,16). The van der Waals surface area contributed by atoms with Crippen LogP contribution in [0.4, 0.5) is 0 Å². The first-order valence-corrected chi connectivity index (χ1v) is 5.05. The van der Waals surface area contributed by atoms with Gasteiger partial charge in [-0.1, -0.05) is 6.07 Å².